The van der Waals surface area contributed by atoms with E-state index in [-0.39, 0.29) is 0 Å². The Labute approximate surface area is 119 Å². The van der Waals surface area contributed by atoms with Gasteiger partial charge in [-0.2, -0.15) is 10.2 Å². The molecule has 0 aliphatic rings. The number of hydrogen-bond acceptors (Lipinski definition) is 3. The minimum Gasteiger partial charge on any atom is -0.151 e. The summed E-state index contributed by atoms with van der Waals surface area (Å²) in [5, 5.41) is 8.43. The average Bonchev–Trinajstić information content (AvgIpc) is 2.45. The van der Waals surface area contributed by atoms with Crippen LogP contribution in [0.25, 0.3) is 0 Å². The largest absolute Gasteiger partial charge is 0.151 e. The van der Waals surface area contributed by atoms with Gasteiger partial charge in [-0.1, -0.05) is 32.0 Å². The topological polar surface area (TPSA) is 24.7 Å². The van der Waals surface area contributed by atoms with Crippen LogP contribution in [0.5, 0.6) is 0 Å². The number of azo groups is 1. The van der Waals surface area contributed by atoms with E-state index in [1.54, 1.807) is 0 Å². The van der Waals surface area contributed by atoms with E-state index in [9.17, 15) is 0 Å². The molecule has 0 radical (unpaired) electrons. The maximum Gasteiger partial charge on any atom is 0.0857 e. The number of hydrogen-bond donors (Lipinski definition) is 0. The lowest BCUT2D eigenvalue weighted by Crippen LogP contribution is -1.89. The molecular weight excluding hydrogens is 252 g/mol. The van der Waals surface area contributed by atoms with Gasteiger partial charge in [-0.15, -0.1) is 11.8 Å². The van der Waals surface area contributed by atoms with Gasteiger partial charge in [0.05, 0.1) is 11.4 Å². The molecule has 0 bridgehead atoms. The molecule has 19 heavy (non-hydrogen) atoms. The third-order valence-corrected chi connectivity index (χ3v) is 3.90. The highest BCUT2D eigenvalue weighted by Gasteiger charge is 1.97. The van der Waals surface area contributed by atoms with Crippen LogP contribution >= 0.6 is 11.8 Å². The lowest BCUT2D eigenvalue weighted by atomic mass is 10.3. The third kappa shape index (κ3) is 4.87. The van der Waals surface area contributed by atoms with Crippen LogP contribution in [-0.2, 0) is 0 Å². The second-order valence-electron chi connectivity index (χ2n) is 4.73. The lowest BCUT2D eigenvalue weighted by molar-refractivity contribution is 0.750. The molecule has 2 rings (SSSR count). The summed E-state index contributed by atoms with van der Waals surface area (Å²) in [5.74, 6) is 1.85. The summed E-state index contributed by atoms with van der Waals surface area (Å²) in [7, 11) is 0. The van der Waals surface area contributed by atoms with Crippen molar-refractivity contribution in [1.82, 2.24) is 0 Å². The Hall–Kier alpha value is -1.61. The van der Waals surface area contributed by atoms with Crippen molar-refractivity contribution in [1.29, 1.82) is 0 Å². The van der Waals surface area contributed by atoms with Crippen LogP contribution in [0.15, 0.2) is 69.7 Å². The maximum absolute atomic E-state index is 4.23. The molecule has 2 nitrogen and oxygen atoms in total. The van der Waals surface area contributed by atoms with Gasteiger partial charge in [0.1, 0.15) is 0 Å². The quantitative estimate of drug-likeness (QED) is 0.494. The molecule has 0 heterocycles. The molecule has 0 unspecified atom stereocenters. The number of nitrogens with zero attached hydrogens (tertiary/aromatic N) is 2. The average molecular weight is 270 g/mol. The van der Waals surface area contributed by atoms with Crippen molar-refractivity contribution >= 4 is 23.1 Å². The molecule has 3 heteroatoms. The molecule has 2 aromatic rings. The smallest absolute Gasteiger partial charge is 0.0857 e. The van der Waals surface area contributed by atoms with E-state index in [0.29, 0.717) is 5.92 Å². The summed E-state index contributed by atoms with van der Waals surface area (Å²) in [5.41, 5.74) is 1.76. The molecule has 2 aromatic carbocycles. The molecule has 0 saturated heterocycles. The molecule has 0 fully saturated rings. The van der Waals surface area contributed by atoms with Crippen molar-refractivity contribution in [3.8, 4) is 0 Å². The molecule has 0 aromatic heterocycles. The molecule has 0 aliphatic heterocycles. The van der Waals surface area contributed by atoms with Crippen LogP contribution in [0.3, 0.4) is 0 Å². The highest BCUT2D eigenvalue weighted by atomic mass is 32.2. The Balaban J connectivity index is 1.97. The molecule has 0 saturated carbocycles. The van der Waals surface area contributed by atoms with Crippen LogP contribution in [0.1, 0.15) is 13.8 Å². The van der Waals surface area contributed by atoms with Gasteiger partial charge in [0, 0.05) is 10.6 Å². The van der Waals surface area contributed by atoms with Gasteiger partial charge < -0.3 is 0 Å². The Bertz CT molecular complexity index is 518. The predicted octanol–water partition coefficient (Wildman–Crippen LogP) is 5.85. The normalized spacial score (nSPS) is 11.3. The number of benzene rings is 2. The molecular formula is C16H18N2S. The van der Waals surface area contributed by atoms with Crippen molar-refractivity contribution in [2.24, 2.45) is 16.1 Å². The minimum absolute atomic E-state index is 0.711. The Morgan fingerprint density at radius 3 is 2.00 bits per heavy atom. The van der Waals surface area contributed by atoms with Crippen LogP contribution in [-0.4, -0.2) is 5.75 Å². The first-order valence-electron chi connectivity index (χ1n) is 6.44. The van der Waals surface area contributed by atoms with Gasteiger partial charge in [0.15, 0.2) is 0 Å². The summed E-state index contributed by atoms with van der Waals surface area (Å²) in [6.45, 7) is 4.46. The van der Waals surface area contributed by atoms with Crippen LogP contribution < -0.4 is 0 Å². The highest BCUT2D eigenvalue weighted by Crippen LogP contribution is 2.24. The summed E-state index contributed by atoms with van der Waals surface area (Å²) >= 11 is 1.88. The first kappa shape index (κ1) is 13.8. The fourth-order valence-corrected chi connectivity index (χ4v) is 2.34. The molecule has 0 spiro atoms. The maximum atomic E-state index is 4.23. The lowest BCUT2D eigenvalue weighted by Gasteiger charge is -2.04. The zero-order valence-electron chi connectivity index (χ0n) is 11.3. The van der Waals surface area contributed by atoms with Crippen molar-refractivity contribution in [3.05, 3.63) is 54.6 Å². The number of rotatable bonds is 5. The molecule has 0 aliphatic carbocycles. The zero-order valence-corrected chi connectivity index (χ0v) is 12.1. The van der Waals surface area contributed by atoms with E-state index >= 15 is 0 Å². The Morgan fingerprint density at radius 2 is 1.42 bits per heavy atom. The van der Waals surface area contributed by atoms with Gasteiger partial charge >= 0.3 is 0 Å². The first-order chi connectivity index (χ1) is 9.24. The highest BCUT2D eigenvalue weighted by molar-refractivity contribution is 7.99. The van der Waals surface area contributed by atoms with Crippen LogP contribution in [0, 0.1) is 5.92 Å². The number of thioether (sulfide) groups is 1. The summed E-state index contributed by atoms with van der Waals surface area (Å²) in [6, 6.07) is 18.0. The van der Waals surface area contributed by atoms with Crippen molar-refractivity contribution in [2.45, 2.75) is 18.7 Å². The fraction of sp³-hybridized carbons (Fsp3) is 0.250. The molecule has 0 N–H and O–H groups in total. The second kappa shape index (κ2) is 7.10. The zero-order chi connectivity index (χ0) is 13.5. The predicted molar refractivity (Wildman–Crippen MR) is 82.6 cm³/mol. The van der Waals surface area contributed by atoms with Crippen LogP contribution in [0.2, 0.25) is 0 Å². The standard InChI is InChI=1S/C16H18N2S/c1-13(2)12-19-16-10-8-15(9-11-16)18-17-14-6-4-3-5-7-14/h3-11,13H,12H2,1-2H3/b18-17+. The van der Waals surface area contributed by atoms with E-state index in [4.69, 9.17) is 0 Å². The fourth-order valence-electron chi connectivity index (χ4n) is 1.48. The Kier molecular flexibility index (Phi) is 5.16. The first-order valence-corrected chi connectivity index (χ1v) is 7.42. The van der Waals surface area contributed by atoms with Crippen molar-refractivity contribution in [3.63, 3.8) is 0 Å². The minimum atomic E-state index is 0.711. The summed E-state index contributed by atoms with van der Waals surface area (Å²) in [4.78, 5) is 1.28. The van der Waals surface area contributed by atoms with Crippen LogP contribution in [0.4, 0.5) is 11.4 Å². The van der Waals surface area contributed by atoms with E-state index in [1.165, 1.54) is 4.90 Å². The molecule has 0 atom stereocenters. The third-order valence-electron chi connectivity index (χ3n) is 2.46. The van der Waals surface area contributed by atoms with E-state index in [1.807, 2.05) is 54.2 Å². The summed E-state index contributed by atoms with van der Waals surface area (Å²) < 4.78 is 0. The molecule has 98 valence electrons. The van der Waals surface area contributed by atoms with E-state index < -0.39 is 0 Å². The van der Waals surface area contributed by atoms with Crippen molar-refractivity contribution < 1.29 is 0 Å². The van der Waals surface area contributed by atoms with E-state index in [2.05, 4.69) is 36.2 Å². The molecule has 0 amide bonds. The van der Waals surface area contributed by atoms with Gasteiger partial charge in [-0.05, 0) is 42.3 Å². The van der Waals surface area contributed by atoms with Gasteiger partial charge in [0.2, 0.25) is 0 Å². The van der Waals surface area contributed by atoms with Gasteiger partial charge in [-0.25, -0.2) is 0 Å². The summed E-state index contributed by atoms with van der Waals surface area (Å²) in [6.07, 6.45) is 0. The van der Waals surface area contributed by atoms with Gasteiger partial charge in [0.25, 0.3) is 0 Å². The Morgan fingerprint density at radius 1 is 0.842 bits per heavy atom. The van der Waals surface area contributed by atoms with Crippen molar-refractivity contribution in [2.75, 3.05) is 5.75 Å². The second-order valence-corrected chi connectivity index (χ2v) is 5.83. The van der Waals surface area contributed by atoms with Gasteiger partial charge in [-0.3, -0.25) is 0 Å². The SMILES string of the molecule is CC(C)CSc1ccc(/N=N/c2ccccc2)cc1. The van der Waals surface area contributed by atoms with E-state index in [0.717, 1.165) is 17.1 Å². The monoisotopic (exact) mass is 270 g/mol.